The molecule has 0 aliphatic heterocycles. The maximum absolute atomic E-state index is 12.6. The third kappa shape index (κ3) is 9.18. The number of unbranched alkanes of at least 4 members (excludes halogenated alkanes) is 8. The van der Waals surface area contributed by atoms with Crippen molar-refractivity contribution in [2.45, 2.75) is 109 Å². The van der Waals surface area contributed by atoms with Crippen molar-refractivity contribution in [2.24, 2.45) is 5.73 Å². The molecule has 4 aromatic rings. The number of aliphatic hydroxyl groups excluding tert-OH is 2. The molecule has 3 atom stereocenters. The van der Waals surface area contributed by atoms with Gasteiger partial charge in [-0.15, -0.1) is 0 Å². The third-order valence-corrected chi connectivity index (χ3v) is 9.32. The Balaban J connectivity index is 1.47. The number of fused-ring (bicyclic) bond motifs is 2. The normalized spacial score (nSPS) is 14.8. The molecule has 48 heavy (non-hydrogen) atoms. The van der Waals surface area contributed by atoms with Crippen LogP contribution in [0.2, 0.25) is 0 Å². The van der Waals surface area contributed by atoms with Gasteiger partial charge in [0.25, 0.3) is 5.54 Å². The first-order valence-electron chi connectivity index (χ1n) is 17.4. The maximum atomic E-state index is 12.6. The minimum Gasteiger partial charge on any atom is -0.478 e. The summed E-state index contributed by atoms with van der Waals surface area (Å²) >= 11 is 0. The number of aromatic nitrogens is 2. The van der Waals surface area contributed by atoms with Crippen LogP contribution in [-0.2, 0) is 11.1 Å². The van der Waals surface area contributed by atoms with Gasteiger partial charge in [0.2, 0.25) is 11.8 Å². The number of aliphatic hydroxyl groups is 2. The van der Waals surface area contributed by atoms with Crippen LogP contribution in [0.5, 0.6) is 11.8 Å². The Kier molecular flexibility index (Phi) is 13.5. The molecule has 2 aromatic heterocycles. The summed E-state index contributed by atoms with van der Waals surface area (Å²) in [6, 6.07) is 17.6. The Labute approximate surface area is 283 Å². The maximum Gasteiger partial charge on any atom is 0.272 e. The molecule has 2 aromatic carbocycles. The molecular weight excluding hydrogens is 608 g/mol. The first kappa shape index (κ1) is 37.0. The van der Waals surface area contributed by atoms with Gasteiger partial charge in [-0.2, -0.15) is 0 Å². The SMILES string of the molecule is CCCCCCCOc1ccc2cc(C(C)(N)C(O)CC(CO)(c3ccc4nc(OCCCCCCC)ccc4c3)[N+](=O)[O-])ccc2n1. The van der Waals surface area contributed by atoms with E-state index in [1.54, 1.807) is 43.3 Å². The molecule has 3 unspecified atom stereocenters. The highest BCUT2D eigenvalue weighted by Gasteiger charge is 2.49. The van der Waals surface area contributed by atoms with E-state index in [1.165, 1.54) is 38.5 Å². The van der Waals surface area contributed by atoms with Gasteiger partial charge in [-0.3, -0.25) is 10.1 Å². The standard InChI is InChI=1S/C38H52N4O6/c1-4-6-8-10-12-22-47-35-20-14-28-24-30(16-18-32(28)40-35)37(3,39)34(44)26-38(27-43,42(45)46)31-17-19-33-29(25-31)15-21-36(41-33)48-23-13-11-9-7-5-2/h14-21,24-25,34,43-44H,4-13,22-23,26-27,39H2,1-3H3. The second kappa shape index (κ2) is 17.5. The van der Waals surface area contributed by atoms with Crippen LogP contribution in [-0.4, -0.2) is 51.0 Å². The molecule has 0 aliphatic carbocycles. The Hall–Kier alpha value is -3.86. The lowest BCUT2D eigenvalue weighted by Crippen LogP contribution is -2.51. The molecule has 0 radical (unpaired) electrons. The largest absolute Gasteiger partial charge is 0.478 e. The lowest BCUT2D eigenvalue weighted by atomic mass is 9.77. The van der Waals surface area contributed by atoms with Crippen molar-refractivity contribution < 1.29 is 24.6 Å². The van der Waals surface area contributed by atoms with Gasteiger partial charge < -0.3 is 25.4 Å². The van der Waals surface area contributed by atoms with E-state index in [1.807, 2.05) is 24.3 Å². The summed E-state index contributed by atoms with van der Waals surface area (Å²) in [5.74, 6) is 1.04. The number of nitrogens with zero attached hydrogens (tertiary/aromatic N) is 3. The van der Waals surface area contributed by atoms with Crippen LogP contribution in [0.3, 0.4) is 0 Å². The van der Waals surface area contributed by atoms with Gasteiger partial charge >= 0.3 is 0 Å². The van der Waals surface area contributed by atoms with Crippen molar-refractivity contribution >= 4 is 21.8 Å². The van der Waals surface area contributed by atoms with Crippen molar-refractivity contribution in [3.63, 3.8) is 0 Å². The van der Waals surface area contributed by atoms with Gasteiger partial charge in [0.15, 0.2) is 0 Å². The number of hydrogen-bond acceptors (Lipinski definition) is 9. The lowest BCUT2D eigenvalue weighted by molar-refractivity contribution is -0.586. The molecule has 0 fully saturated rings. The van der Waals surface area contributed by atoms with E-state index >= 15 is 0 Å². The van der Waals surface area contributed by atoms with Crippen LogP contribution in [0.4, 0.5) is 0 Å². The van der Waals surface area contributed by atoms with E-state index in [2.05, 4.69) is 23.8 Å². The highest BCUT2D eigenvalue weighted by atomic mass is 16.6. The third-order valence-electron chi connectivity index (χ3n) is 9.32. The molecule has 10 nitrogen and oxygen atoms in total. The van der Waals surface area contributed by atoms with Gasteiger partial charge in [0.1, 0.15) is 6.61 Å². The highest BCUT2D eigenvalue weighted by molar-refractivity contribution is 5.81. The molecule has 260 valence electrons. The quantitative estimate of drug-likeness (QED) is 0.0466. The molecule has 0 aliphatic rings. The number of nitro groups is 1. The summed E-state index contributed by atoms with van der Waals surface area (Å²) in [4.78, 5) is 21.3. The van der Waals surface area contributed by atoms with Crippen LogP contribution < -0.4 is 15.2 Å². The molecule has 4 rings (SSSR count). The number of pyridine rings is 2. The Morgan fingerprint density at radius 3 is 1.73 bits per heavy atom. The smallest absolute Gasteiger partial charge is 0.272 e. The molecule has 0 saturated heterocycles. The topological polar surface area (TPSA) is 154 Å². The monoisotopic (exact) mass is 660 g/mol. The number of benzene rings is 2. The van der Waals surface area contributed by atoms with Crippen molar-refractivity contribution in [3.05, 3.63) is 81.9 Å². The molecule has 2 heterocycles. The van der Waals surface area contributed by atoms with Crippen molar-refractivity contribution in [1.29, 1.82) is 0 Å². The zero-order chi connectivity index (χ0) is 34.6. The van der Waals surface area contributed by atoms with Crippen LogP contribution in [0, 0.1) is 10.1 Å². The van der Waals surface area contributed by atoms with E-state index in [4.69, 9.17) is 15.2 Å². The average Bonchev–Trinajstić information content (AvgIpc) is 3.09. The summed E-state index contributed by atoms with van der Waals surface area (Å²) in [6.07, 6.45) is 9.60. The van der Waals surface area contributed by atoms with E-state index in [0.29, 0.717) is 47.0 Å². The minimum atomic E-state index is -2.00. The summed E-state index contributed by atoms with van der Waals surface area (Å²) < 4.78 is 11.7. The van der Waals surface area contributed by atoms with Crippen molar-refractivity contribution in [1.82, 2.24) is 9.97 Å². The molecule has 4 N–H and O–H groups in total. The first-order valence-corrected chi connectivity index (χ1v) is 17.4. The second-order valence-electron chi connectivity index (χ2n) is 13.1. The predicted molar refractivity (Wildman–Crippen MR) is 190 cm³/mol. The van der Waals surface area contributed by atoms with E-state index in [-0.39, 0.29) is 5.56 Å². The summed E-state index contributed by atoms with van der Waals surface area (Å²) in [7, 11) is 0. The molecule has 0 saturated carbocycles. The Morgan fingerprint density at radius 2 is 1.25 bits per heavy atom. The van der Waals surface area contributed by atoms with Crippen LogP contribution in [0.1, 0.15) is 103 Å². The van der Waals surface area contributed by atoms with Crippen LogP contribution >= 0.6 is 0 Å². The van der Waals surface area contributed by atoms with Gasteiger partial charge in [0.05, 0.1) is 42.3 Å². The predicted octanol–water partition coefficient (Wildman–Crippen LogP) is 7.57. The number of hydrogen-bond donors (Lipinski definition) is 3. The van der Waals surface area contributed by atoms with Gasteiger partial charge in [-0.1, -0.05) is 71.3 Å². The molecular formula is C38H52N4O6. The Bertz CT molecular complexity index is 1630. The highest BCUT2D eigenvalue weighted by Crippen LogP contribution is 2.37. The lowest BCUT2D eigenvalue weighted by Gasteiger charge is -2.35. The van der Waals surface area contributed by atoms with Gasteiger partial charge in [-0.05, 0) is 67.8 Å². The van der Waals surface area contributed by atoms with E-state index in [0.717, 1.165) is 31.1 Å². The fraction of sp³-hybridized carbons (Fsp3) is 0.526. The number of nitrogens with two attached hydrogens (primary N) is 1. The minimum absolute atomic E-state index is 0.254. The summed E-state index contributed by atoms with van der Waals surface area (Å²) in [5.41, 5.74) is 5.52. The molecule has 0 bridgehead atoms. The number of rotatable bonds is 21. The summed E-state index contributed by atoms with van der Waals surface area (Å²) in [6.45, 7) is 6.37. The van der Waals surface area contributed by atoms with Crippen LogP contribution in [0.25, 0.3) is 21.8 Å². The fourth-order valence-corrected chi connectivity index (χ4v) is 6.00. The van der Waals surface area contributed by atoms with Crippen LogP contribution in [0.15, 0.2) is 60.7 Å². The fourth-order valence-electron chi connectivity index (χ4n) is 6.00. The average molecular weight is 661 g/mol. The molecule has 10 heteroatoms. The number of ether oxygens (including phenoxy) is 2. The molecule has 0 spiro atoms. The second-order valence-corrected chi connectivity index (χ2v) is 13.1. The zero-order valence-corrected chi connectivity index (χ0v) is 28.7. The van der Waals surface area contributed by atoms with Gasteiger partial charge in [-0.25, -0.2) is 9.97 Å². The van der Waals surface area contributed by atoms with Crippen molar-refractivity contribution in [2.75, 3.05) is 19.8 Å². The molecule has 0 amide bonds. The first-order chi connectivity index (χ1) is 23.1. The zero-order valence-electron chi connectivity index (χ0n) is 28.7. The van der Waals surface area contributed by atoms with Crippen molar-refractivity contribution in [3.8, 4) is 11.8 Å². The van der Waals surface area contributed by atoms with Gasteiger partial charge in [0, 0.05) is 33.4 Å². The summed E-state index contributed by atoms with van der Waals surface area (Å²) in [5, 5.41) is 36.1. The Morgan fingerprint density at radius 1 is 0.771 bits per heavy atom. The van der Waals surface area contributed by atoms with E-state index in [9.17, 15) is 20.3 Å². The van der Waals surface area contributed by atoms with E-state index < -0.39 is 35.1 Å².